The van der Waals surface area contributed by atoms with Crippen molar-refractivity contribution in [3.63, 3.8) is 0 Å². The van der Waals surface area contributed by atoms with Crippen LogP contribution in [0.1, 0.15) is 31.4 Å². The normalized spacial score (nSPS) is 21.3. The highest BCUT2D eigenvalue weighted by atomic mass is 79.9. The fraction of sp³-hybridized carbons (Fsp3) is 0.625. The molecule has 0 saturated carbocycles. The quantitative estimate of drug-likeness (QED) is 0.908. The van der Waals surface area contributed by atoms with Gasteiger partial charge < -0.3 is 15.1 Å². The summed E-state index contributed by atoms with van der Waals surface area (Å²) in [4.78, 5) is 4.90. The highest BCUT2D eigenvalue weighted by Gasteiger charge is 2.24. The minimum atomic E-state index is 0.373. The van der Waals surface area contributed by atoms with Crippen LogP contribution in [-0.4, -0.2) is 45.2 Å². The second-order valence-corrected chi connectivity index (χ2v) is 6.83. The average molecular weight is 340 g/mol. The first-order valence-electron chi connectivity index (χ1n) is 7.41. The van der Waals surface area contributed by atoms with E-state index in [0.717, 1.165) is 17.6 Å². The van der Waals surface area contributed by atoms with E-state index in [9.17, 15) is 0 Å². The van der Waals surface area contributed by atoms with Gasteiger partial charge >= 0.3 is 0 Å². The van der Waals surface area contributed by atoms with E-state index >= 15 is 0 Å². The number of benzene rings is 1. The Balaban J connectivity index is 2.28. The molecule has 4 heteroatoms. The van der Waals surface area contributed by atoms with Crippen molar-refractivity contribution < 1.29 is 0 Å². The summed E-state index contributed by atoms with van der Waals surface area (Å²) in [6.45, 7) is 4.50. The molecule has 1 aromatic carbocycles. The van der Waals surface area contributed by atoms with Crippen LogP contribution in [0.15, 0.2) is 22.7 Å². The Morgan fingerprint density at radius 2 is 2.15 bits per heavy atom. The molecule has 112 valence electrons. The molecule has 2 rings (SSSR count). The van der Waals surface area contributed by atoms with E-state index < -0.39 is 0 Å². The number of nitrogens with zero attached hydrogens (tertiary/aromatic N) is 2. The number of halogens is 1. The molecule has 1 aliphatic rings. The first kappa shape index (κ1) is 15.8. The molecule has 1 aromatic rings. The summed E-state index contributed by atoms with van der Waals surface area (Å²) in [5.41, 5.74) is 2.75. The SMILES string of the molecule is CNC(C)c1ccc(Br)cc1N1CCCC(N(C)C)C1. The van der Waals surface area contributed by atoms with Crippen molar-refractivity contribution in [2.75, 3.05) is 39.1 Å². The van der Waals surface area contributed by atoms with Gasteiger partial charge in [0.05, 0.1) is 0 Å². The van der Waals surface area contributed by atoms with Crippen molar-refractivity contribution in [1.29, 1.82) is 0 Å². The van der Waals surface area contributed by atoms with Crippen LogP contribution in [0.3, 0.4) is 0 Å². The molecule has 1 saturated heterocycles. The molecular weight excluding hydrogens is 314 g/mol. The molecule has 0 amide bonds. The predicted molar refractivity (Wildman–Crippen MR) is 90.5 cm³/mol. The zero-order chi connectivity index (χ0) is 14.7. The second kappa shape index (κ2) is 6.92. The molecular formula is C16H26BrN3. The number of nitrogens with one attached hydrogen (secondary N) is 1. The molecule has 2 unspecified atom stereocenters. The molecule has 1 aliphatic heterocycles. The van der Waals surface area contributed by atoms with Crippen molar-refractivity contribution in [3.05, 3.63) is 28.2 Å². The number of rotatable bonds is 4. The van der Waals surface area contributed by atoms with Gasteiger partial charge in [0.25, 0.3) is 0 Å². The standard InChI is InChI=1S/C16H26BrN3/c1-12(18-2)15-8-7-13(17)10-16(15)20-9-5-6-14(11-20)19(3)4/h7-8,10,12,14,18H,5-6,9,11H2,1-4H3. The summed E-state index contributed by atoms with van der Waals surface area (Å²) < 4.78 is 1.16. The summed E-state index contributed by atoms with van der Waals surface area (Å²) in [6, 6.07) is 7.67. The highest BCUT2D eigenvalue weighted by Crippen LogP contribution is 2.32. The molecule has 3 nitrogen and oxygen atoms in total. The third-order valence-electron chi connectivity index (χ3n) is 4.36. The van der Waals surface area contributed by atoms with Gasteiger partial charge in [-0.15, -0.1) is 0 Å². The van der Waals surface area contributed by atoms with Crippen molar-refractivity contribution >= 4 is 21.6 Å². The summed E-state index contributed by atoms with van der Waals surface area (Å²) >= 11 is 3.62. The number of anilines is 1. The van der Waals surface area contributed by atoms with Crippen LogP contribution >= 0.6 is 15.9 Å². The Morgan fingerprint density at radius 1 is 1.40 bits per heavy atom. The lowest BCUT2D eigenvalue weighted by molar-refractivity contribution is 0.258. The van der Waals surface area contributed by atoms with Gasteiger partial charge in [0.2, 0.25) is 0 Å². The van der Waals surface area contributed by atoms with E-state index in [1.165, 1.54) is 24.1 Å². The zero-order valence-corrected chi connectivity index (χ0v) is 14.6. The Kier molecular flexibility index (Phi) is 5.47. The summed E-state index contributed by atoms with van der Waals surface area (Å²) in [5.74, 6) is 0. The Bertz CT molecular complexity index is 447. The lowest BCUT2D eigenvalue weighted by atomic mass is 10.0. The number of piperidine rings is 1. The number of likely N-dealkylation sites (N-methyl/N-ethyl adjacent to an activating group) is 1. The molecule has 1 N–H and O–H groups in total. The van der Waals surface area contributed by atoms with Crippen molar-refractivity contribution in [1.82, 2.24) is 10.2 Å². The van der Waals surface area contributed by atoms with Gasteiger partial charge in [0.1, 0.15) is 0 Å². The molecule has 1 heterocycles. The molecule has 0 spiro atoms. The van der Waals surface area contributed by atoms with Crippen LogP contribution in [0, 0.1) is 0 Å². The zero-order valence-electron chi connectivity index (χ0n) is 13.0. The monoisotopic (exact) mass is 339 g/mol. The first-order valence-corrected chi connectivity index (χ1v) is 8.20. The molecule has 0 aromatic heterocycles. The first-order chi connectivity index (χ1) is 9.52. The number of hydrogen-bond acceptors (Lipinski definition) is 3. The largest absolute Gasteiger partial charge is 0.370 e. The highest BCUT2D eigenvalue weighted by molar-refractivity contribution is 9.10. The average Bonchev–Trinajstić information content (AvgIpc) is 2.46. The minimum Gasteiger partial charge on any atom is -0.370 e. The van der Waals surface area contributed by atoms with Gasteiger partial charge in [0, 0.05) is 35.3 Å². The van der Waals surface area contributed by atoms with Gasteiger partial charge in [0.15, 0.2) is 0 Å². The fourth-order valence-electron chi connectivity index (χ4n) is 2.91. The Morgan fingerprint density at radius 3 is 2.80 bits per heavy atom. The van der Waals surface area contributed by atoms with E-state index in [4.69, 9.17) is 0 Å². The number of hydrogen-bond donors (Lipinski definition) is 1. The van der Waals surface area contributed by atoms with E-state index in [1.807, 2.05) is 7.05 Å². The fourth-order valence-corrected chi connectivity index (χ4v) is 3.26. The van der Waals surface area contributed by atoms with E-state index in [-0.39, 0.29) is 0 Å². The van der Waals surface area contributed by atoms with Crippen LogP contribution in [0.25, 0.3) is 0 Å². The van der Waals surface area contributed by atoms with Crippen LogP contribution < -0.4 is 10.2 Å². The maximum atomic E-state index is 3.62. The minimum absolute atomic E-state index is 0.373. The molecule has 1 fully saturated rings. The predicted octanol–water partition coefficient (Wildman–Crippen LogP) is 3.26. The van der Waals surface area contributed by atoms with Crippen LogP contribution in [-0.2, 0) is 0 Å². The third-order valence-corrected chi connectivity index (χ3v) is 4.85. The smallest absolute Gasteiger partial charge is 0.0426 e. The van der Waals surface area contributed by atoms with E-state index in [0.29, 0.717) is 12.1 Å². The summed E-state index contributed by atoms with van der Waals surface area (Å²) in [6.07, 6.45) is 2.57. The van der Waals surface area contributed by atoms with Crippen LogP contribution in [0.5, 0.6) is 0 Å². The molecule has 0 aliphatic carbocycles. The second-order valence-electron chi connectivity index (χ2n) is 5.92. The molecule has 20 heavy (non-hydrogen) atoms. The van der Waals surface area contributed by atoms with Gasteiger partial charge in [-0.3, -0.25) is 0 Å². The maximum absolute atomic E-state index is 3.62. The summed E-state index contributed by atoms with van der Waals surface area (Å²) in [5, 5.41) is 3.36. The van der Waals surface area contributed by atoms with Crippen LogP contribution in [0.2, 0.25) is 0 Å². The van der Waals surface area contributed by atoms with Crippen molar-refractivity contribution in [2.45, 2.75) is 31.8 Å². The maximum Gasteiger partial charge on any atom is 0.0426 e. The lowest BCUT2D eigenvalue weighted by Gasteiger charge is -2.39. The topological polar surface area (TPSA) is 18.5 Å². The van der Waals surface area contributed by atoms with Crippen LogP contribution in [0.4, 0.5) is 5.69 Å². The van der Waals surface area contributed by atoms with Crippen molar-refractivity contribution in [3.8, 4) is 0 Å². The van der Waals surface area contributed by atoms with Gasteiger partial charge in [-0.05, 0) is 58.6 Å². The van der Waals surface area contributed by atoms with Crippen molar-refractivity contribution in [2.24, 2.45) is 0 Å². The summed E-state index contributed by atoms with van der Waals surface area (Å²) in [7, 11) is 6.40. The molecule has 0 radical (unpaired) electrons. The van der Waals surface area contributed by atoms with Gasteiger partial charge in [-0.1, -0.05) is 22.0 Å². The molecule has 2 atom stereocenters. The van der Waals surface area contributed by atoms with E-state index in [2.05, 4.69) is 70.3 Å². The molecule has 0 bridgehead atoms. The van der Waals surface area contributed by atoms with Gasteiger partial charge in [-0.2, -0.15) is 0 Å². The van der Waals surface area contributed by atoms with E-state index in [1.54, 1.807) is 0 Å². The Hall–Kier alpha value is -0.580. The Labute approximate surface area is 131 Å². The van der Waals surface area contributed by atoms with Gasteiger partial charge in [-0.25, -0.2) is 0 Å². The third kappa shape index (κ3) is 3.54. The lowest BCUT2D eigenvalue weighted by Crippen LogP contribution is -2.45.